The molecule has 0 saturated heterocycles. The lowest BCUT2D eigenvalue weighted by Crippen LogP contribution is -2.07. The minimum atomic E-state index is -0.0231. The molecule has 2 N–H and O–H groups in total. The molecule has 0 unspecified atom stereocenters. The molecule has 0 bridgehead atoms. The molecule has 30 valence electrons. The van der Waals surface area contributed by atoms with Gasteiger partial charge in [0.25, 0.3) is 0 Å². The zero-order valence-electron chi connectivity index (χ0n) is 2.88. The molecule has 0 aromatic heterocycles. The third-order valence-corrected chi connectivity index (χ3v) is 0.408. The second-order valence-electron chi connectivity index (χ2n) is 0.564. The van der Waals surface area contributed by atoms with Gasteiger partial charge in [-0.15, -0.1) is 0 Å². The summed E-state index contributed by atoms with van der Waals surface area (Å²) in [5.74, 6) is 0. The molecule has 0 aliphatic carbocycles. The summed E-state index contributed by atoms with van der Waals surface area (Å²) < 4.78 is 0. The van der Waals surface area contributed by atoms with Crippen molar-refractivity contribution in [3.8, 4) is 0 Å². The Balaban J connectivity index is 2.85. The molecule has 0 aromatic rings. The first-order chi connectivity index (χ1) is 2.27. The van der Waals surface area contributed by atoms with Crippen molar-refractivity contribution < 1.29 is 0 Å². The molecule has 0 aromatic carbocycles. The molecule has 0 fully saturated rings. The Hall–Kier alpha value is -0.240. The predicted molar refractivity (Wildman–Crippen MR) is 22.6 cm³/mol. The summed E-state index contributed by atoms with van der Waals surface area (Å²) in [6.45, 7) is 0. The van der Waals surface area contributed by atoms with Crippen LogP contribution in [0.3, 0.4) is 0 Å². The Kier molecular flexibility index (Phi) is 1.93. The first kappa shape index (κ1) is 4.76. The number of halogens is 1. The van der Waals surface area contributed by atoms with Crippen LogP contribution in [0.2, 0.25) is 0 Å². The van der Waals surface area contributed by atoms with Gasteiger partial charge in [-0.25, -0.2) is 0 Å². The molecule has 0 atom stereocenters. The van der Waals surface area contributed by atoms with Gasteiger partial charge in [0.05, 0.1) is 0 Å². The molecule has 0 amide bonds. The van der Waals surface area contributed by atoms with E-state index in [9.17, 15) is 0 Å². The molecule has 0 aliphatic heterocycles. The van der Waals surface area contributed by atoms with Gasteiger partial charge in [-0.05, 0) is 11.6 Å². The van der Waals surface area contributed by atoms with Crippen LogP contribution in [0.15, 0.2) is 0 Å². The van der Waals surface area contributed by atoms with Gasteiger partial charge < -0.3 is 5.32 Å². The molecule has 0 saturated carbocycles. The lowest BCUT2D eigenvalue weighted by Gasteiger charge is -1.81. The van der Waals surface area contributed by atoms with E-state index in [1.807, 2.05) is 0 Å². The van der Waals surface area contributed by atoms with Gasteiger partial charge in [-0.1, -0.05) is 0 Å². The molecule has 0 rings (SSSR count). The highest BCUT2D eigenvalue weighted by Crippen LogP contribution is 1.64. The van der Waals surface area contributed by atoms with E-state index in [2.05, 4.69) is 5.32 Å². The number of amidine groups is 1. The molecular weight excluding hydrogens is 87.5 g/mol. The normalized spacial score (nSPS) is 6.80. The number of nitrogens with one attached hydrogen (secondary N) is 2. The summed E-state index contributed by atoms with van der Waals surface area (Å²) in [5.41, 5.74) is 0. The van der Waals surface area contributed by atoms with Crippen molar-refractivity contribution in [1.82, 2.24) is 5.32 Å². The molecule has 0 heterocycles. The van der Waals surface area contributed by atoms with Crippen LogP contribution in [-0.2, 0) is 0 Å². The van der Waals surface area contributed by atoms with Crippen molar-refractivity contribution in [1.29, 1.82) is 5.41 Å². The largest absolute Gasteiger partial charge is 0.364 e. The van der Waals surface area contributed by atoms with Crippen molar-refractivity contribution in [2.24, 2.45) is 0 Å². The van der Waals surface area contributed by atoms with E-state index in [1.54, 1.807) is 7.05 Å². The molecule has 2 nitrogen and oxygen atoms in total. The van der Waals surface area contributed by atoms with Crippen molar-refractivity contribution in [2.45, 2.75) is 0 Å². The Morgan fingerprint density at radius 2 is 2.20 bits per heavy atom. The van der Waals surface area contributed by atoms with E-state index in [0.29, 0.717) is 0 Å². The first-order valence-corrected chi connectivity index (χ1v) is 1.57. The molecule has 0 spiro atoms. The summed E-state index contributed by atoms with van der Waals surface area (Å²) in [6, 6.07) is 0. The van der Waals surface area contributed by atoms with E-state index in [4.69, 9.17) is 17.0 Å². The number of rotatable bonds is 0. The minimum Gasteiger partial charge on any atom is -0.364 e. The lowest BCUT2D eigenvalue weighted by atomic mass is 11.2. The SMILES string of the molecule is CNC(=N)Cl. The topological polar surface area (TPSA) is 35.9 Å². The summed E-state index contributed by atoms with van der Waals surface area (Å²) in [6.07, 6.45) is 0. The van der Waals surface area contributed by atoms with Gasteiger partial charge in [0.1, 0.15) is 0 Å². The van der Waals surface area contributed by atoms with Crippen molar-refractivity contribution in [2.75, 3.05) is 7.05 Å². The van der Waals surface area contributed by atoms with E-state index < -0.39 is 0 Å². The zero-order valence-corrected chi connectivity index (χ0v) is 3.63. The summed E-state index contributed by atoms with van der Waals surface area (Å²) in [5, 5.41) is 8.75. The van der Waals surface area contributed by atoms with Gasteiger partial charge >= 0.3 is 0 Å². The van der Waals surface area contributed by atoms with Crippen LogP contribution in [0, 0.1) is 5.41 Å². The monoisotopic (exact) mass is 92.0 g/mol. The Bertz CT molecular complexity index is 42.9. The van der Waals surface area contributed by atoms with Crippen LogP contribution in [-0.4, -0.2) is 12.3 Å². The number of hydrogen-bond donors (Lipinski definition) is 2. The van der Waals surface area contributed by atoms with Crippen LogP contribution >= 0.6 is 11.6 Å². The highest BCUT2D eigenvalue weighted by Gasteiger charge is 1.70. The fraction of sp³-hybridized carbons (Fsp3) is 0.500. The summed E-state index contributed by atoms with van der Waals surface area (Å²) in [4.78, 5) is 0. The van der Waals surface area contributed by atoms with Gasteiger partial charge in [-0.2, -0.15) is 0 Å². The van der Waals surface area contributed by atoms with Gasteiger partial charge in [0.15, 0.2) is 5.29 Å². The van der Waals surface area contributed by atoms with Crippen LogP contribution in [0.1, 0.15) is 0 Å². The third kappa shape index (κ3) is 3.76. The third-order valence-electron chi connectivity index (χ3n) is 0.219. The maximum absolute atomic E-state index is 6.40. The second-order valence-corrected chi connectivity index (χ2v) is 0.942. The molecule has 0 aliphatic rings. The molecular formula is C2H5ClN2. The fourth-order valence-electron chi connectivity index (χ4n) is 0. The predicted octanol–water partition coefficient (Wildman–Crippen LogP) is 0.379. The van der Waals surface area contributed by atoms with Crippen molar-refractivity contribution >= 4 is 16.9 Å². The molecule has 0 radical (unpaired) electrons. The highest BCUT2D eigenvalue weighted by molar-refractivity contribution is 6.63. The molecule has 3 heteroatoms. The smallest absolute Gasteiger partial charge is 0.188 e. The fourth-order valence-corrected chi connectivity index (χ4v) is 0. The van der Waals surface area contributed by atoms with Gasteiger partial charge in [-0.3, -0.25) is 5.41 Å². The second kappa shape index (κ2) is 2.03. The summed E-state index contributed by atoms with van der Waals surface area (Å²) >= 11 is 4.93. The van der Waals surface area contributed by atoms with Gasteiger partial charge in [0, 0.05) is 7.05 Å². The first-order valence-electron chi connectivity index (χ1n) is 1.19. The van der Waals surface area contributed by atoms with Crippen LogP contribution in [0.5, 0.6) is 0 Å². The minimum absolute atomic E-state index is 0.0231. The zero-order chi connectivity index (χ0) is 4.28. The van der Waals surface area contributed by atoms with Crippen molar-refractivity contribution in [3.63, 3.8) is 0 Å². The molecule has 5 heavy (non-hydrogen) atoms. The maximum atomic E-state index is 6.40. The maximum Gasteiger partial charge on any atom is 0.188 e. The summed E-state index contributed by atoms with van der Waals surface area (Å²) in [7, 11) is 1.59. The lowest BCUT2D eigenvalue weighted by molar-refractivity contribution is 1.18. The average Bonchev–Trinajstić information content (AvgIpc) is 1.38. The Labute approximate surface area is 35.6 Å². The van der Waals surface area contributed by atoms with E-state index in [1.165, 1.54) is 0 Å². The van der Waals surface area contributed by atoms with Crippen LogP contribution in [0.4, 0.5) is 0 Å². The quantitative estimate of drug-likeness (QED) is 0.253. The number of hydrogen-bond acceptors (Lipinski definition) is 1. The Morgan fingerprint density at radius 1 is 2.00 bits per heavy atom. The van der Waals surface area contributed by atoms with Crippen LogP contribution in [0.25, 0.3) is 0 Å². The van der Waals surface area contributed by atoms with E-state index >= 15 is 0 Å². The average molecular weight is 92.5 g/mol. The van der Waals surface area contributed by atoms with E-state index in [-0.39, 0.29) is 5.29 Å². The highest BCUT2D eigenvalue weighted by atomic mass is 35.5. The van der Waals surface area contributed by atoms with Gasteiger partial charge in [0.2, 0.25) is 0 Å². The van der Waals surface area contributed by atoms with Crippen LogP contribution < -0.4 is 5.32 Å². The van der Waals surface area contributed by atoms with Crippen molar-refractivity contribution in [3.05, 3.63) is 0 Å². The van der Waals surface area contributed by atoms with E-state index in [0.717, 1.165) is 0 Å². The standard InChI is InChI=1S/C2H5ClN2/c1-5-2(3)4/h1H3,(H2,4,5). The Morgan fingerprint density at radius 3 is 2.20 bits per heavy atom.